The average molecular weight is 433 g/mol. The van der Waals surface area contributed by atoms with Gasteiger partial charge in [-0.15, -0.1) is 11.8 Å². The zero-order chi connectivity index (χ0) is 21.2. The van der Waals surface area contributed by atoms with E-state index in [1.165, 1.54) is 35.7 Å². The molecule has 2 fully saturated rings. The minimum atomic E-state index is -4.52. The highest BCUT2D eigenvalue weighted by atomic mass is 32.2. The molecular weight excluding hydrogens is 410 g/mol. The molecular formula is C19H23F4N3O2S. The van der Waals surface area contributed by atoms with Crippen LogP contribution in [0.2, 0.25) is 0 Å². The van der Waals surface area contributed by atoms with Crippen molar-refractivity contribution in [3.05, 3.63) is 35.1 Å². The van der Waals surface area contributed by atoms with Gasteiger partial charge in [0.1, 0.15) is 17.9 Å². The maximum atomic E-state index is 13.5. The molecule has 2 aliphatic rings. The molecule has 0 radical (unpaired) electrons. The molecule has 1 aliphatic heterocycles. The summed E-state index contributed by atoms with van der Waals surface area (Å²) in [7, 11) is 0. The van der Waals surface area contributed by atoms with Crippen molar-refractivity contribution < 1.29 is 27.2 Å². The van der Waals surface area contributed by atoms with E-state index in [2.05, 4.69) is 10.6 Å². The monoisotopic (exact) mass is 433 g/mol. The van der Waals surface area contributed by atoms with E-state index >= 15 is 0 Å². The van der Waals surface area contributed by atoms with E-state index in [1.54, 1.807) is 0 Å². The van der Waals surface area contributed by atoms with Gasteiger partial charge in [0.25, 0.3) is 0 Å². The molecule has 1 saturated heterocycles. The minimum absolute atomic E-state index is 0.213. The fourth-order valence-electron chi connectivity index (χ4n) is 3.24. The molecule has 160 valence electrons. The van der Waals surface area contributed by atoms with Crippen LogP contribution in [0.5, 0.6) is 0 Å². The lowest BCUT2D eigenvalue weighted by Crippen LogP contribution is -2.51. The van der Waals surface area contributed by atoms with Crippen molar-refractivity contribution in [2.45, 2.75) is 38.0 Å². The van der Waals surface area contributed by atoms with Crippen molar-refractivity contribution in [3.8, 4) is 0 Å². The maximum Gasteiger partial charge on any atom is 0.401 e. The van der Waals surface area contributed by atoms with Gasteiger partial charge in [0.2, 0.25) is 11.8 Å². The van der Waals surface area contributed by atoms with Crippen molar-refractivity contribution in [2.75, 3.05) is 24.7 Å². The van der Waals surface area contributed by atoms with Crippen molar-refractivity contribution in [1.82, 2.24) is 15.5 Å². The molecule has 29 heavy (non-hydrogen) atoms. The number of nitrogens with one attached hydrogen (secondary N) is 2. The van der Waals surface area contributed by atoms with Crippen LogP contribution in [-0.2, 0) is 9.59 Å². The second-order valence-corrected chi connectivity index (χ2v) is 8.44. The zero-order valence-corrected chi connectivity index (χ0v) is 16.7. The summed E-state index contributed by atoms with van der Waals surface area (Å²) >= 11 is 1.37. The van der Waals surface area contributed by atoms with Crippen LogP contribution in [0.15, 0.2) is 18.2 Å². The van der Waals surface area contributed by atoms with Crippen LogP contribution in [0.1, 0.15) is 30.0 Å². The smallest absolute Gasteiger partial charge is 0.354 e. The lowest BCUT2D eigenvalue weighted by Gasteiger charge is -2.29. The summed E-state index contributed by atoms with van der Waals surface area (Å²) in [5.74, 6) is -0.384. The van der Waals surface area contributed by atoms with Gasteiger partial charge in [0.15, 0.2) is 0 Å². The van der Waals surface area contributed by atoms with E-state index in [-0.39, 0.29) is 17.3 Å². The predicted molar refractivity (Wildman–Crippen MR) is 102 cm³/mol. The molecule has 1 aliphatic carbocycles. The van der Waals surface area contributed by atoms with Gasteiger partial charge < -0.3 is 10.2 Å². The highest BCUT2D eigenvalue weighted by molar-refractivity contribution is 7.99. The summed E-state index contributed by atoms with van der Waals surface area (Å²) in [5.41, 5.74) is 0.620. The fourth-order valence-corrected chi connectivity index (χ4v) is 4.40. The van der Waals surface area contributed by atoms with Crippen molar-refractivity contribution >= 4 is 23.6 Å². The third kappa shape index (κ3) is 5.85. The van der Waals surface area contributed by atoms with E-state index in [1.807, 2.05) is 0 Å². The second kappa shape index (κ2) is 8.91. The lowest BCUT2D eigenvalue weighted by molar-refractivity contribution is -0.143. The van der Waals surface area contributed by atoms with Gasteiger partial charge in [0, 0.05) is 12.3 Å². The summed E-state index contributed by atoms with van der Waals surface area (Å²) < 4.78 is 51.9. The van der Waals surface area contributed by atoms with E-state index in [9.17, 15) is 27.2 Å². The molecule has 0 bridgehead atoms. The number of carbonyl (C=O) groups is 2. The molecule has 1 saturated carbocycles. The Morgan fingerprint density at radius 1 is 1.31 bits per heavy atom. The molecule has 0 spiro atoms. The second-order valence-electron chi connectivity index (χ2n) is 7.44. The Balaban J connectivity index is 1.79. The van der Waals surface area contributed by atoms with Crippen molar-refractivity contribution in [3.63, 3.8) is 0 Å². The van der Waals surface area contributed by atoms with Crippen LogP contribution in [0.4, 0.5) is 17.6 Å². The molecule has 10 heteroatoms. The number of hydrogen-bond donors (Lipinski definition) is 2. The number of alkyl halides is 3. The Labute approximate surface area is 170 Å². The number of halogens is 4. The first-order valence-electron chi connectivity index (χ1n) is 9.38. The summed E-state index contributed by atoms with van der Waals surface area (Å²) in [5, 5.41) is 5.08. The molecule has 2 N–H and O–H groups in total. The van der Waals surface area contributed by atoms with Crippen molar-refractivity contribution in [2.24, 2.45) is 5.92 Å². The third-order valence-corrected chi connectivity index (χ3v) is 6.04. The summed E-state index contributed by atoms with van der Waals surface area (Å²) in [6.07, 6.45) is -2.39. The molecule has 1 aromatic rings. The van der Waals surface area contributed by atoms with Gasteiger partial charge in [-0.05, 0) is 48.9 Å². The largest absolute Gasteiger partial charge is 0.401 e. The van der Waals surface area contributed by atoms with Crippen LogP contribution in [-0.4, -0.2) is 53.7 Å². The number of nitrogens with zero attached hydrogens (tertiary/aromatic N) is 1. The van der Waals surface area contributed by atoms with Gasteiger partial charge in [-0.3, -0.25) is 14.9 Å². The van der Waals surface area contributed by atoms with Gasteiger partial charge >= 0.3 is 6.18 Å². The number of amides is 2. The first kappa shape index (κ1) is 21.9. The van der Waals surface area contributed by atoms with Gasteiger partial charge in [-0.1, -0.05) is 6.07 Å². The quantitative estimate of drug-likeness (QED) is 0.650. The highest BCUT2D eigenvalue weighted by Gasteiger charge is 2.40. The molecule has 0 aromatic heterocycles. The van der Waals surface area contributed by atoms with E-state index in [0.717, 1.165) is 18.9 Å². The summed E-state index contributed by atoms with van der Waals surface area (Å²) in [6.45, 7) is 0.709. The van der Waals surface area contributed by atoms with Crippen molar-refractivity contribution in [1.29, 1.82) is 0 Å². The number of thioether (sulfide) groups is 1. The first-order valence-corrected chi connectivity index (χ1v) is 10.5. The predicted octanol–water partition coefficient (Wildman–Crippen LogP) is 2.75. The molecule has 2 unspecified atom stereocenters. The lowest BCUT2D eigenvalue weighted by atomic mass is 9.99. The molecule has 3 rings (SSSR count). The van der Waals surface area contributed by atoms with E-state index in [0.29, 0.717) is 23.8 Å². The number of hydrogen-bond acceptors (Lipinski definition) is 4. The number of rotatable bonds is 7. The molecule has 2 atom stereocenters. The number of benzene rings is 1. The van der Waals surface area contributed by atoms with E-state index < -0.39 is 36.5 Å². The summed E-state index contributed by atoms with van der Waals surface area (Å²) in [4.78, 5) is 27.0. The number of carbonyl (C=O) groups excluding carboxylic acids is 2. The molecule has 1 heterocycles. The Hall–Kier alpha value is -1.81. The van der Waals surface area contributed by atoms with Crippen LogP contribution >= 0.6 is 11.8 Å². The Morgan fingerprint density at radius 2 is 2.03 bits per heavy atom. The first-order chi connectivity index (χ1) is 13.7. The minimum Gasteiger partial charge on any atom is -0.354 e. The topological polar surface area (TPSA) is 61.4 Å². The van der Waals surface area contributed by atoms with Gasteiger partial charge in [0.05, 0.1) is 12.4 Å². The molecule has 5 nitrogen and oxygen atoms in total. The fraction of sp³-hybridized carbons (Fsp3) is 0.579. The SMILES string of the molecule is Cc1cc(F)ccc1C(NCC(F)(F)F)C(=O)N1CSCC1C(=O)NCC1CC1. The maximum absolute atomic E-state index is 13.5. The Kier molecular flexibility index (Phi) is 6.72. The molecule has 2 amide bonds. The van der Waals surface area contributed by atoms with Gasteiger partial charge in [-0.25, -0.2) is 4.39 Å². The molecule has 1 aromatic carbocycles. The van der Waals surface area contributed by atoms with Crippen LogP contribution in [0.25, 0.3) is 0 Å². The zero-order valence-electron chi connectivity index (χ0n) is 15.9. The number of aryl methyl sites for hydroxylation is 1. The van der Waals surface area contributed by atoms with Crippen LogP contribution < -0.4 is 10.6 Å². The third-order valence-electron chi connectivity index (χ3n) is 5.03. The van der Waals surface area contributed by atoms with Crippen LogP contribution in [0.3, 0.4) is 0 Å². The highest BCUT2D eigenvalue weighted by Crippen LogP contribution is 2.30. The van der Waals surface area contributed by atoms with E-state index in [4.69, 9.17) is 0 Å². The standard InChI is InChI=1S/C19H23F4N3O2S/c1-11-6-13(20)4-5-14(11)16(25-9-19(21,22)23)18(28)26-10-29-8-15(26)17(27)24-7-12-2-3-12/h4-6,12,15-16,25H,2-3,7-10H2,1H3,(H,24,27). The normalized spacial score (nSPS) is 20.6. The van der Waals surface area contributed by atoms with Crippen LogP contribution in [0, 0.1) is 18.7 Å². The Bertz CT molecular complexity index is 770. The summed E-state index contributed by atoms with van der Waals surface area (Å²) in [6, 6.07) is 1.53. The average Bonchev–Trinajstić information content (AvgIpc) is 3.33. The Morgan fingerprint density at radius 3 is 2.66 bits per heavy atom. The van der Waals surface area contributed by atoms with Gasteiger partial charge in [-0.2, -0.15) is 13.2 Å².